The summed E-state index contributed by atoms with van der Waals surface area (Å²) >= 11 is 0. The molecule has 0 aliphatic heterocycles. The fourth-order valence-corrected chi connectivity index (χ4v) is 3.07. The van der Waals surface area contributed by atoms with E-state index < -0.39 is 0 Å². The summed E-state index contributed by atoms with van der Waals surface area (Å²) in [5.41, 5.74) is 6.26. The third-order valence-corrected chi connectivity index (χ3v) is 4.68. The third kappa shape index (κ3) is 3.76. The highest BCUT2D eigenvalue weighted by Gasteiger charge is 2.14. The van der Waals surface area contributed by atoms with Crippen molar-refractivity contribution in [3.63, 3.8) is 0 Å². The van der Waals surface area contributed by atoms with Gasteiger partial charge in [0.15, 0.2) is 0 Å². The molecule has 1 atom stereocenters. The van der Waals surface area contributed by atoms with Crippen LogP contribution in [0.3, 0.4) is 0 Å². The highest BCUT2D eigenvalue weighted by atomic mass is 15.2. The summed E-state index contributed by atoms with van der Waals surface area (Å²) < 4.78 is 1.79. The highest BCUT2D eigenvalue weighted by Crippen LogP contribution is 2.31. The van der Waals surface area contributed by atoms with Crippen molar-refractivity contribution in [2.24, 2.45) is 7.05 Å². The minimum absolute atomic E-state index is 0.0475. The van der Waals surface area contributed by atoms with Crippen LogP contribution in [0.2, 0.25) is 0 Å². The average molecular weight is 370 g/mol. The lowest BCUT2D eigenvalue weighted by molar-refractivity contribution is 0.765. The van der Waals surface area contributed by atoms with E-state index in [0.29, 0.717) is 5.95 Å². The number of benzene rings is 1. The molecule has 0 saturated heterocycles. The zero-order valence-electron chi connectivity index (χ0n) is 16.2. The molecule has 6 heteroatoms. The molecule has 0 spiro atoms. The molecule has 3 heterocycles. The lowest BCUT2D eigenvalue weighted by Gasteiger charge is -2.15. The molecule has 3 aromatic heterocycles. The van der Waals surface area contributed by atoms with Crippen molar-refractivity contribution < 1.29 is 0 Å². The summed E-state index contributed by atoms with van der Waals surface area (Å²) in [6.07, 6.45) is 9.28. The fraction of sp³-hybridized carbons (Fsp3) is 0.182. The van der Waals surface area contributed by atoms with Crippen LogP contribution < -0.4 is 5.32 Å². The van der Waals surface area contributed by atoms with Gasteiger partial charge < -0.3 is 5.32 Å². The van der Waals surface area contributed by atoms with Crippen LogP contribution in [0.15, 0.2) is 67.4 Å². The Morgan fingerprint density at radius 3 is 2.39 bits per heavy atom. The fourth-order valence-electron chi connectivity index (χ4n) is 3.07. The molecule has 140 valence electrons. The molecule has 1 N–H and O–H groups in total. The van der Waals surface area contributed by atoms with Crippen molar-refractivity contribution in [3.05, 3.63) is 78.5 Å². The van der Waals surface area contributed by atoms with E-state index in [0.717, 1.165) is 27.9 Å². The van der Waals surface area contributed by atoms with Crippen molar-refractivity contribution in [2.45, 2.75) is 19.9 Å². The van der Waals surface area contributed by atoms with Crippen LogP contribution in [-0.4, -0.2) is 24.7 Å². The van der Waals surface area contributed by atoms with Gasteiger partial charge in [-0.25, -0.2) is 9.97 Å². The van der Waals surface area contributed by atoms with E-state index >= 15 is 0 Å². The lowest BCUT2D eigenvalue weighted by atomic mass is 10.0. The second kappa shape index (κ2) is 7.60. The van der Waals surface area contributed by atoms with E-state index in [-0.39, 0.29) is 6.04 Å². The maximum atomic E-state index is 4.85. The van der Waals surface area contributed by atoms with Crippen molar-refractivity contribution in [1.82, 2.24) is 24.7 Å². The van der Waals surface area contributed by atoms with Crippen LogP contribution in [0.5, 0.6) is 0 Å². The van der Waals surface area contributed by atoms with Gasteiger partial charge in [0.25, 0.3) is 0 Å². The molecule has 0 saturated carbocycles. The van der Waals surface area contributed by atoms with Crippen molar-refractivity contribution in [1.29, 1.82) is 0 Å². The Hall–Kier alpha value is -3.54. The molecular formula is C22H22N6. The van der Waals surface area contributed by atoms with Crippen molar-refractivity contribution in [2.75, 3.05) is 5.32 Å². The first-order chi connectivity index (χ1) is 13.6. The second-order valence-electron chi connectivity index (χ2n) is 6.87. The Morgan fingerprint density at radius 1 is 0.964 bits per heavy atom. The summed E-state index contributed by atoms with van der Waals surface area (Å²) in [4.78, 5) is 13.5. The van der Waals surface area contributed by atoms with Gasteiger partial charge in [-0.15, -0.1) is 0 Å². The Balaban J connectivity index is 1.73. The van der Waals surface area contributed by atoms with Crippen LogP contribution in [-0.2, 0) is 7.05 Å². The van der Waals surface area contributed by atoms with Gasteiger partial charge in [0.2, 0.25) is 5.95 Å². The van der Waals surface area contributed by atoms with Crippen LogP contribution in [0, 0.1) is 6.92 Å². The molecule has 4 rings (SSSR count). The number of anilines is 1. The van der Waals surface area contributed by atoms with E-state index in [2.05, 4.69) is 58.5 Å². The van der Waals surface area contributed by atoms with Gasteiger partial charge in [-0.3, -0.25) is 9.67 Å². The van der Waals surface area contributed by atoms with E-state index in [4.69, 9.17) is 4.98 Å². The number of nitrogens with one attached hydrogen (secondary N) is 1. The normalized spacial score (nSPS) is 12.0. The minimum Gasteiger partial charge on any atom is -0.348 e. The molecule has 0 amide bonds. The average Bonchev–Trinajstić information content (AvgIpc) is 3.16. The monoisotopic (exact) mass is 370 g/mol. The summed E-state index contributed by atoms with van der Waals surface area (Å²) in [6, 6.07) is 12.4. The van der Waals surface area contributed by atoms with E-state index in [9.17, 15) is 0 Å². The van der Waals surface area contributed by atoms with Gasteiger partial charge in [-0.2, -0.15) is 5.10 Å². The SMILES string of the molecule is Cc1ccc(-c2nc(NC(C)c3cnn(C)c3)ncc2-c2ccncc2)cc1. The van der Waals surface area contributed by atoms with Gasteiger partial charge in [0.1, 0.15) is 0 Å². The predicted octanol–water partition coefficient (Wildman–Crippen LogP) is 4.42. The third-order valence-electron chi connectivity index (χ3n) is 4.68. The Labute approximate surface area is 164 Å². The van der Waals surface area contributed by atoms with Crippen LogP contribution in [0.4, 0.5) is 5.95 Å². The quantitative estimate of drug-likeness (QED) is 0.563. The van der Waals surface area contributed by atoms with Crippen LogP contribution >= 0.6 is 0 Å². The molecule has 6 nitrogen and oxygen atoms in total. The molecule has 0 aliphatic carbocycles. The smallest absolute Gasteiger partial charge is 0.223 e. The lowest BCUT2D eigenvalue weighted by Crippen LogP contribution is -2.09. The molecule has 4 aromatic rings. The Kier molecular flexibility index (Phi) is 4.85. The van der Waals surface area contributed by atoms with Crippen LogP contribution in [0.25, 0.3) is 22.4 Å². The molecule has 0 aliphatic rings. The minimum atomic E-state index is 0.0475. The summed E-state index contributed by atoms with van der Waals surface area (Å²) in [5, 5.41) is 7.62. The molecule has 1 aromatic carbocycles. The zero-order chi connectivity index (χ0) is 19.5. The predicted molar refractivity (Wildman–Crippen MR) is 111 cm³/mol. The Bertz CT molecular complexity index is 1070. The molecule has 0 radical (unpaired) electrons. The number of aryl methyl sites for hydroxylation is 2. The first-order valence-electron chi connectivity index (χ1n) is 9.20. The Morgan fingerprint density at radius 2 is 1.71 bits per heavy atom. The second-order valence-corrected chi connectivity index (χ2v) is 6.87. The maximum absolute atomic E-state index is 4.85. The number of nitrogens with zero attached hydrogens (tertiary/aromatic N) is 5. The maximum Gasteiger partial charge on any atom is 0.223 e. The van der Waals surface area contributed by atoms with Gasteiger partial charge in [-0.1, -0.05) is 29.8 Å². The summed E-state index contributed by atoms with van der Waals surface area (Å²) in [7, 11) is 1.91. The van der Waals surface area contributed by atoms with Gasteiger partial charge in [0, 0.05) is 48.5 Å². The molecular weight excluding hydrogens is 348 g/mol. The number of pyridine rings is 1. The van der Waals surface area contributed by atoms with E-state index in [1.54, 1.807) is 17.1 Å². The molecule has 0 fully saturated rings. The number of rotatable bonds is 5. The van der Waals surface area contributed by atoms with Gasteiger partial charge in [0.05, 0.1) is 17.9 Å². The summed E-state index contributed by atoms with van der Waals surface area (Å²) in [5.74, 6) is 0.588. The van der Waals surface area contributed by atoms with Gasteiger partial charge >= 0.3 is 0 Å². The topological polar surface area (TPSA) is 68.5 Å². The number of hydrogen-bond donors (Lipinski definition) is 1. The standard InChI is InChI=1S/C22H22N6/c1-15-4-6-18(7-5-15)21-20(17-8-10-23-11-9-17)13-24-22(27-21)26-16(2)19-12-25-28(3)14-19/h4-14,16H,1-3H3,(H,24,26,27). The summed E-state index contributed by atoms with van der Waals surface area (Å²) in [6.45, 7) is 4.15. The largest absolute Gasteiger partial charge is 0.348 e. The van der Waals surface area contributed by atoms with Gasteiger partial charge in [-0.05, 0) is 31.5 Å². The van der Waals surface area contributed by atoms with Crippen molar-refractivity contribution in [3.8, 4) is 22.4 Å². The first-order valence-corrected chi connectivity index (χ1v) is 9.20. The molecule has 0 bridgehead atoms. The number of hydrogen-bond acceptors (Lipinski definition) is 5. The van der Waals surface area contributed by atoms with E-state index in [1.165, 1.54) is 5.56 Å². The van der Waals surface area contributed by atoms with Crippen molar-refractivity contribution >= 4 is 5.95 Å². The highest BCUT2D eigenvalue weighted by molar-refractivity contribution is 5.80. The van der Waals surface area contributed by atoms with Crippen LogP contribution in [0.1, 0.15) is 24.1 Å². The van der Waals surface area contributed by atoms with E-state index in [1.807, 2.05) is 37.8 Å². The number of aromatic nitrogens is 5. The first kappa shape index (κ1) is 17.9. The molecule has 28 heavy (non-hydrogen) atoms. The zero-order valence-corrected chi connectivity index (χ0v) is 16.2. The molecule has 1 unspecified atom stereocenters.